The summed E-state index contributed by atoms with van der Waals surface area (Å²) < 4.78 is 4.74. The smallest absolute Gasteiger partial charge is 0.337 e. The van der Waals surface area contributed by atoms with Gasteiger partial charge in [-0.15, -0.1) is 0 Å². The first-order valence-electron chi connectivity index (χ1n) is 9.27. The van der Waals surface area contributed by atoms with Gasteiger partial charge in [0.1, 0.15) is 17.8 Å². The second-order valence-electron chi connectivity index (χ2n) is 6.73. The molecule has 29 heavy (non-hydrogen) atoms. The number of esters is 1. The zero-order valence-corrected chi connectivity index (χ0v) is 16.0. The molecule has 2 aromatic carbocycles. The predicted molar refractivity (Wildman–Crippen MR) is 108 cm³/mol. The highest BCUT2D eigenvalue weighted by Gasteiger charge is 2.22. The van der Waals surface area contributed by atoms with Crippen LogP contribution >= 0.6 is 0 Å². The minimum absolute atomic E-state index is 0.131. The molecule has 7 heteroatoms. The van der Waals surface area contributed by atoms with Crippen molar-refractivity contribution in [3.05, 3.63) is 83.3 Å². The van der Waals surface area contributed by atoms with E-state index in [-0.39, 0.29) is 5.91 Å². The zero-order valence-electron chi connectivity index (χ0n) is 16.0. The van der Waals surface area contributed by atoms with Gasteiger partial charge in [-0.25, -0.2) is 14.8 Å². The Morgan fingerprint density at radius 1 is 1.03 bits per heavy atom. The third kappa shape index (κ3) is 4.08. The van der Waals surface area contributed by atoms with Gasteiger partial charge < -0.3 is 15.0 Å². The molecule has 1 aliphatic rings. The average Bonchev–Trinajstić information content (AvgIpc) is 2.78. The van der Waals surface area contributed by atoms with Crippen molar-refractivity contribution < 1.29 is 14.3 Å². The standard InChI is InChI=1S/C22H20N4O3/c1-29-22(28)16-7-4-8-18(11-16)25-20-12-19(23-14-24-20)21(27)26-10-9-15-5-2-3-6-17(15)13-26/h2-8,11-12,14H,9-10,13H2,1H3,(H,23,24,25). The Balaban J connectivity index is 1.51. The molecular weight excluding hydrogens is 368 g/mol. The van der Waals surface area contributed by atoms with E-state index in [1.165, 1.54) is 24.6 Å². The van der Waals surface area contributed by atoms with E-state index in [4.69, 9.17) is 4.74 Å². The third-order valence-electron chi connectivity index (χ3n) is 4.86. The van der Waals surface area contributed by atoms with Crippen molar-refractivity contribution in [2.45, 2.75) is 13.0 Å². The monoisotopic (exact) mass is 388 g/mol. The number of hydrogen-bond donors (Lipinski definition) is 1. The minimum Gasteiger partial charge on any atom is -0.465 e. The van der Waals surface area contributed by atoms with Crippen molar-refractivity contribution in [3.8, 4) is 0 Å². The van der Waals surface area contributed by atoms with Crippen LogP contribution in [0.3, 0.4) is 0 Å². The number of anilines is 2. The highest BCUT2D eigenvalue weighted by Crippen LogP contribution is 2.21. The van der Waals surface area contributed by atoms with Gasteiger partial charge in [0.2, 0.25) is 0 Å². The molecule has 1 amide bonds. The van der Waals surface area contributed by atoms with Crippen molar-refractivity contribution in [2.24, 2.45) is 0 Å². The van der Waals surface area contributed by atoms with Gasteiger partial charge in [-0.1, -0.05) is 30.3 Å². The maximum absolute atomic E-state index is 12.9. The number of rotatable bonds is 4. The molecule has 0 bridgehead atoms. The predicted octanol–water partition coefficient (Wildman–Crippen LogP) is 3.21. The lowest BCUT2D eigenvalue weighted by Gasteiger charge is -2.28. The molecule has 1 aromatic heterocycles. The highest BCUT2D eigenvalue weighted by atomic mass is 16.5. The molecule has 0 fully saturated rings. The maximum Gasteiger partial charge on any atom is 0.337 e. The molecule has 0 spiro atoms. The number of methoxy groups -OCH3 is 1. The number of nitrogens with zero attached hydrogens (tertiary/aromatic N) is 3. The van der Waals surface area contributed by atoms with Crippen molar-refractivity contribution in [1.29, 1.82) is 0 Å². The van der Waals surface area contributed by atoms with Gasteiger partial charge in [-0.3, -0.25) is 4.79 Å². The summed E-state index contributed by atoms with van der Waals surface area (Å²) in [6.07, 6.45) is 2.19. The van der Waals surface area contributed by atoms with E-state index in [0.717, 1.165) is 6.42 Å². The van der Waals surface area contributed by atoms with Crippen LogP contribution in [-0.2, 0) is 17.7 Å². The Hall–Kier alpha value is -3.74. The molecule has 3 aromatic rings. The van der Waals surface area contributed by atoms with Crippen LogP contribution < -0.4 is 5.32 Å². The largest absolute Gasteiger partial charge is 0.465 e. The quantitative estimate of drug-likeness (QED) is 0.691. The molecule has 0 unspecified atom stereocenters. The second kappa shape index (κ2) is 8.10. The Morgan fingerprint density at radius 3 is 2.69 bits per heavy atom. The lowest BCUT2D eigenvalue weighted by molar-refractivity contribution is 0.0600. The summed E-state index contributed by atoms with van der Waals surface area (Å²) in [6.45, 7) is 1.23. The summed E-state index contributed by atoms with van der Waals surface area (Å²) >= 11 is 0. The average molecular weight is 388 g/mol. The Labute approximate surface area is 168 Å². The number of fused-ring (bicyclic) bond motifs is 1. The van der Waals surface area contributed by atoms with Crippen LogP contribution in [0.4, 0.5) is 11.5 Å². The van der Waals surface area contributed by atoms with E-state index >= 15 is 0 Å². The summed E-state index contributed by atoms with van der Waals surface area (Å²) in [4.78, 5) is 34.8. The lowest BCUT2D eigenvalue weighted by atomic mass is 10.00. The lowest BCUT2D eigenvalue weighted by Crippen LogP contribution is -2.36. The maximum atomic E-state index is 12.9. The van der Waals surface area contributed by atoms with Gasteiger partial charge in [-0.2, -0.15) is 0 Å². The Morgan fingerprint density at radius 2 is 1.86 bits per heavy atom. The first-order chi connectivity index (χ1) is 14.1. The number of carbonyl (C=O) groups is 2. The van der Waals surface area contributed by atoms with Crippen LogP contribution in [0.1, 0.15) is 32.0 Å². The SMILES string of the molecule is COC(=O)c1cccc(Nc2cc(C(=O)N3CCc4ccccc4C3)ncn2)c1. The second-order valence-corrected chi connectivity index (χ2v) is 6.73. The molecule has 7 nitrogen and oxygen atoms in total. The fourth-order valence-electron chi connectivity index (χ4n) is 3.36. The van der Waals surface area contributed by atoms with Crippen LogP contribution in [0.25, 0.3) is 0 Å². The minimum atomic E-state index is -0.419. The van der Waals surface area contributed by atoms with Gasteiger partial charge in [0.15, 0.2) is 0 Å². The van der Waals surface area contributed by atoms with E-state index in [2.05, 4.69) is 27.4 Å². The van der Waals surface area contributed by atoms with E-state index < -0.39 is 5.97 Å². The number of benzene rings is 2. The summed E-state index contributed by atoms with van der Waals surface area (Å²) in [5, 5.41) is 3.11. The third-order valence-corrected chi connectivity index (χ3v) is 4.86. The summed E-state index contributed by atoms with van der Waals surface area (Å²) in [5.41, 5.74) is 3.86. The molecule has 1 aliphatic heterocycles. The van der Waals surface area contributed by atoms with Gasteiger partial charge in [0.05, 0.1) is 12.7 Å². The number of ether oxygens (including phenoxy) is 1. The molecular formula is C22H20N4O3. The zero-order chi connectivity index (χ0) is 20.2. The molecule has 0 aliphatic carbocycles. The normalized spacial score (nSPS) is 12.8. The van der Waals surface area contributed by atoms with Crippen LogP contribution in [0, 0.1) is 0 Å². The Bertz CT molecular complexity index is 1070. The van der Waals surface area contributed by atoms with Crippen molar-refractivity contribution >= 4 is 23.4 Å². The summed E-state index contributed by atoms with van der Waals surface area (Å²) in [6, 6.07) is 16.7. The summed E-state index contributed by atoms with van der Waals surface area (Å²) in [5.74, 6) is -0.0753. The number of hydrogen-bond acceptors (Lipinski definition) is 6. The van der Waals surface area contributed by atoms with Gasteiger partial charge in [0, 0.05) is 24.8 Å². The molecule has 0 saturated carbocycles. The van der Waals surface area contributed by atoms with Crippen molar-refractivity contribution in [2.75, 3.05) is 19.0 Å². The highest BCUT2D eigenvalue weighted by molar-refractivity contribution is 5.93. The van der Waals surface area contributed by atoms with E-state index in [0.29, 0.717) is 35.9 Å². The first-order valence-corrected chi connectivity index (χ1v) is 9.27. The Kier molecular flexibility index (Phi) is 5.20. The molecule has 146 valence electrons. The van der Waals surface area contributed by atoms with Crippen LogP contribution in [0.15, 0.2) is 60.9 Å². The number of aromatic nitrogens is 2. The van der Waals surface area contributed by atoms with Crippen molar-refractivity contribution in [3.63, 3.8) is 0 Å². The number of nitrogens with one attached hydrogen (secondary N) is 1. The number of carbonyl (C=O) groups excluding carboxylic acids is 2. The van der Waals surface area contributed by atoms with Crippen molar-refractivity contribution in [1.82, 2.24) is 14.9 Å². The first kappa shape index (κ1) is 18.6. The topological polar surface area (TPSA) is 84.4 Å². The van der Waals surface area contributed by atoms with Gasteiger partial charge in [-0.05, 0) is 35.7 Å². The molecule has 2 heterocycles. The fraction of sp³-hybridized carbons (Fsp3) is 0.182. The molecule has 0 saturated heterocycles. The van der Waals surface area contributed by atoms with Crippen LogP contribution in [0.2, 0.25) is 0 Å². The number of amides is 1. The van der Waals surface area contributed by atoms with E-state index in [1.807, 2.05) is 12.1 Å². The van der Waals surface area contributed by atoms with E-state index in [9.17, 15) is 9.59 Å². The van der Waals surface area contributed by atoms with Gasteiger partial charge in [0.25, 0.3) is 5.91 Å². The summed E-state index contributed by atoms with van der Waals surface area (Å²) in [7, 11) is 1.34. The molecule has 1 N–H and O–H groups in total. The van der Waals surface area contributed by atoms with E-state index in [1.54, 1.807) is 35.2 Å². The molecule has 0 atom stereocenters. The van der Waals surface area contributed by atoms with Crippen LogP contribution in [0.5, 0.6) is 0 Å². The molecule has 4 rings (SSSR count). The van der Waals surface area contributed by atoms with Gasteiger partial charge >= 0.3 is 5.97 Å². The molecule has 0 radical (unpaired) electrons. The van der Waals surface area contributed by atoms with Crippen LogP contribution in [-0.4, -0.2) is 40.4 Å². The fourth-order valence-corrected chi connectivity index (χ4v) is 3.36.